The molecular weight excluding hydrogens is 542 g/mol. The zero-order valence-electron chi connectivity index (χ0n) is 22.0. The Morgan fingerprint density at radius 2 is 1.97 bits per heavy atom. The number of nitrogens with zero attached hydrogens (tertiary/aromatic N) is 4. The number of anilines is 1. The number of nitrogens with one attached hydrogen (secondary N) is 1. The number of rotatable bonds is 9. The molecule has 0 unspecified atom stereocenters. The Morgan fingerprint density at radius 3 is 2.62 bits per heavy atom. The summed E-state index contributed by atoms with van der Waals surface area (Å²) < 4.78 is 30.5. The van der Waals surface area contributed by atoms with Crippen LogP contribution >= 0.6 is 11.3 Å². The largest absolute Gasteiger partial charge is 0.389 e. The number of hydrogen-bond acceptors (Lipinski definition) is 10. The van der Waals surface area contributed by atoms with Crippen LogP contribution in [-0.4, -0.2) is 91.0 Å². The van der Waals surface area contributed by atoms with Crippen LogP contribution < -0.4 is 5.32 Å². The lowest BCUT2D eigenvalue weighted by Crippen LogP contribution is -2.52. The van der Waals surface area contributed by atoms with Gasteiger partial charge in [-0.2, -0.15) is 0 Å². The molecular formula is C26H33N5O6S2. The highest BCUT2D eigenvalue weighted by atomic mass is 32.2. The van der Waals surface area contributed by atoms with Crippen LogP contribution in [0, 0.1) is 0 Å². The molecule has 3 aliphatic rings. The molecule has 2 amide bonds. The highest BCUT2D eigenvalue weighted by molar-refractivity contribution is 7.92. The number of ether oxygens (including phenoxy) is 1. The minimum Gasteiger partial charge on any atom is -0.389 e. The van der Waals surface area contributed by atoms with Crippen molar-refractivity contribution in [3.63, 3.8) is 0 Å². The van der Waals surface area contributed by atoms with E-state index in [2.05, 4.69) is 27.3 Å². The molecule has 1 saturated carbocycles. The van der Waals surface area contributed by atoms with Crippen LogP contribution in [0.15, 0.2) is 40.5 Å². The van der Waals surface area contributed by atoms with Crippen molar-refractivity contribution in [3.8, 4) is 0 Å². The number of carbonyl (C=O) groups is 2. The first-order valence-corrected chi connectivity index (χ1v) is 15.5. The third-order valence-electron chi connectivity index (χ3n) is 7.16. The molecule has 13 heteroatoms. The first-order chi connectivity index (χ1) is 18.7. The number of piperazine rings is 1. The third kappa shape index (κ3) is 6.65. The summed E-state index contributed by atoms with van der Waals surface area (Å²) in [6.45, 7) is 7.47. The van der Waals surface area contributed by atoms with Gasteiger partial charge >= 0.3 is 0 Å². The van der Waals surface area contributed by atoms with Crippen LogP contribution in [-0.2, 0) is 35.5 Å². The van der Waals surface area contributed by atoms with E-state index in [4.69, 9.17) is 9.57 Å². The fraction of sp³-hybridized carbons (Fsp3) is 0.538. The Hall–Kier alpha value is -2.87. The predicted molar refractivity (Wildman–Crippen MR) is 146 cm³/mol. The van der Waals surface area contributed by atoms with Gasteiger partial charge in [-0.05, 0) is 31.9 Å². The van der Waals surface area contributed by atoms with Gasteiger partial charge in [0.2, 0.25) is 5.91 Å². The van der Waals surface area contributed by atoms with E-state index in [1.807, 2.05) is 4.90 Å². The fourth-order valence-corrected chi connectivity index (χ4v) is 7.12. The maximum atomic E-state index is 13.3. The van der Waals surface area contributed by atoms with Crippen molar-refractivity contribution in [2.75, 3.05) is 38.2 Å². The average Bonchev–Trinajstić information content (AvgIpc) is 3.49. The molecule has 1 aromatic carbocycles. The van der Waals surface area contributed by atoms with E-state index >= 15 is 0 Å². The predicted octanol–water partition coefficient (Wildman–Crippen LogP) is 2.28. The van der Waals surface area contributed by atoms with E-state index in [0.717, 1.165) is 11.4 Å². The van der Waals surface area contributed by atoms with Gasteiger partial charge in [-0.3, -0.25) is 19.8 Å². The SMILES string of the molecule is CC(=O)N1CCN(Cc2cnc(NC(=O)/C(=N/O[C@@H]3CCOC3)c3ccc(S(=O)(=O)C4CC4)cc3)s2)[C@@H](C)C1. The number of carbonyl (C=O) groups excluding carboxylic acids is 2. The molecule has 2 atom stereocenters. The first kappa shape index (κ1) is 27.7. The Kier molecular flexibility index (Phi) is 8.31. The molecule has 3 heterocycles. The zero-order valence-corrected chi connectivity index (χ0v) is 23.7. The lowest BCUT2D eigenvalue weighted by Gasteiger charge is -2.39. The summed E-state index contributed by atoms with van der Waals surface area (Å²) in [6.07, 6.45) is 3.52. The number of sulfone groups is 1. The van der Waals surface area contributed by atoms with Crippen LogP contribution in [0.25, 0.3) is 0 Å². The molecule has 1 aliphatic carbocycles. The molecule has 3 fully saturated rings. The number of thiazole rings is 1. The van der Waals surface area contributed by atoms with E-state index in [0.29, 0.717) is 62.8 Å². The molecule has 2 aromatic rings. The minimum absolute atomic E-state index is 0.0306. The second-order valence-electron chi connectivity index (χ2n) is 10.2. The van der Waals surface area contributed by atoms with Crippen molar-refractivity contribution in [2.24, 2.45) is 5.16 Å². The quantitative estimate of drug-likeness (QED) is 0.356. The average molecular weight is 576 g/mol. The second-order valence-corrected chi connectivity index (χ2v) is 13.5. The highest BCUT2D eigenvalue weighted by Crippen LogP contribution is 2.33. The number of hydrogen-bond donors (Lipinski definition) is 1. The van der Waals surface area contributed by atoms with E-state index in [1.165, 1.54) is 23.5 Å². The Labute approximate surface area is 232 Å². The van der Waals surface area contributed by atoms with Gasteiger partial charge in [-0.15, -0.1) is 11.3 Å². The Balaban J connectivity index is 1.27. The minimum atomic E-state index is -3.34. The van der Waals surface area contributed by atoms with Crippen molar-refractivity contribution in [1.29, 1.82) is 0 Å². The van der Waals surface area contributed by atoms with Gasteiger partial charge in [0.05, 0.1) is 23.4 Å². The molecule has 5 rings (SSSR count). The number of aromatic nitrogens is 1. The molecule has 1 aromatic heterocycles. The zero-order chi connectivity index (χ0) is 27.6. The van der Waals surface area contributed by atoms with Gasteiger partial charge in [0, 0.05) is 62.2 Å². The van der Waals surface area contributed by atoms with E-state index in [-0.39, 0.29) is 33.9 Å². The summed E-state index contributed by atoms with van der Waals surface area (Å²) in [4.78, 5) is 40.4. The standard InChI is InChI=1S/C26H33N5O6S2/c1-17-14-31(18(2)32)11-10-30(17)15-21-13-27-26(38-21)28-25(33)24(29-37-20-9-12-36-16-20)19-3-5-22(6-4-19)39(34,35)23-7-8-23/h3-6,13,17,20,23H,7-12,14-16H2,1-2H3,(H,27,28,33)/b29-24+/t17-,20+/m0/s1. The van der Waals surface area contributed by atoms with Crippen molar-refractivity contribution < 1.29 is 27.6 Å². The smallest absolute Gasteiger partial charge is 0.280 e. The van der Waals surface area contributed by atoms with Gasteiger partial charge in [0.1, 0.15) is 0 Å². The van der Waals surface area contributed by atoms with Crippen LogP contribution in [0.3, 0.4) is 0 Å². The molecule has 2 saturated heterocycles. The molecule has 0 bridgehead atoms. The molecule has 39 heavy (non-hydrogen) atoms. The monoisotopic (exact) mass is 575 g/mol. The van der Waals surface area contributed by atoms with Crippen LogP contribution in [0.5, 0.6) is 0 Å². The van der Waals surface area contributed by atoms with Crippen LogP contribution in [0.2, 0.25) is 0 Å². The summed E-state index contributed by atoms with van der Waals surface area (Å²) in [7, 11) is -3.34. The van der Waals surface area contributed by atoms with Gasteiger partial charge in [0.15, 0.2) is 26.8 Å². The van der Waals surface area contributed by atoms with Crippen LogP contribution in [0.4, 0.5) is 5.13 Å². The summed E-state index contributed by atoms with van der Waals surface area (Å²) in [5, 5.41) is 7.08. The lowest BCUT2D eigenvalue weighted by atomic mass is 10.1. The number of oxime groups is 1. The van der Waals surface area contributed by atoms with Gasteiger partial charge < -0.3 is 14.5 Å². The topological polar surface area (TPSA) is 130 Å². The van der Waals surface area contributed by atoms with Crippen molar-refractivity contribution in [2.45, 2.75) is 61.9 Å². The third-order valence-corrected chi connectivity index (χ3v) is 10.3. The van der Waals surface area contributed by atoms with E-state index in [1.54, 1.807) is 25.3 Å². The maximum absolute atomic E-state index is 13.3. The van der Waals surface area contributed by atoms with E-state index < -0.39 is 15.7 Å². The summed E-state index contributed by atoms with van der Waals surface area (Å²) in [5.74, 6) is -0.415. The van der Waals surface area contributed by atoms with Crippen LogP contribution in [0.1, 0.15) is 43.6 Å². The molecule has 0 spiro atoms. The number of amides is 2. The Bertz CT molecular complexity index is 1330. The summed E-state index contributed by atoms with van der Waals surface area (Å²) in [6, 6.07) is 6.40. The summed E-state index contributed by atoms with van der Waals surface area (Å²) >= 11 is 1.38. The first-order valence-electron chi connectivity index (χ1n) is 13.1. The molecule has 1 N–H and O–H groups in total. The number of benzene rings is 1. The van der Waals surface area contributed by atoms with Crippen molar-refractivity contribution in [3.05, 3.63) is 40.9 Å². The summed E-state index contributed by atoms with van der Waals surface area (Å²) in [5.41, 5.74) is 0.470. The normalized spacial score (nSPS) is 22.6. The molecule has 11 nitrogen and oxygen atoms in total. The van der Waals surface area contributed by atoms with Gasteiger partial charge in [0.25, 0.3) is 5.91 Å². The maximum Gasteiger partial charge on any atom is 0.280 e. The van der Waals surface area contributed by atoms with Gasteiger partial charge in [-0.1, -0.05) is 17.3 Å². The molecule has 2 aliphatic heterocycles. The lowest BCUT2D eigenvalue weighted by molar-refractivity contribution is -0.131. The van der Waals surface area contributed by atoms with E-state index in [9.17, 15) is 18.0 Å². The highest BCUT2D eigenvalue weighted by Gasteiger charge is 2.37. The molecule has 210 valence electrons. The van der Waals surface area contributed by atoms with Crippen molar-refractivity contribution in [1.82, 2.24) is 14.8 Å². The van der Waals surface area contributed by atoms with Gasteiger partial charge in [-0.25, -0.2) is 13.4 Å². The second kappa shape index (κ2) is 11.7. The fourth-order valence-electron chi connectivity index (χ4n) is 4.63. The Morgan fingerprint density at radius 1 is 1.21 bits per heavy atom. The van der Waals surface area contributed by atoms with Crippen molar-refractivity contribution >= 4 is 43.8 Å². The molecule has 0 radical (unpaired) electrons.